The van der Waals surface area contributed by atoms with Crippen molar-refractivity contribution in [2.24, 2.45) is 5.41 Å². The zero-order valence-electron chi connectivity index (χ0n) is 13.4. The summed E-state index contributed by atoms with van der Waals surface area (Å²) in [6, 6.07) is 0. The Labute approximate surface area is 130 Å². The van der Waals surface area contributed by atoms with Crippen molar-refractivity contribution in [1.29, 1.82) is 0 Å². The van der Waals surface area contributed by atoms with E-state index in [2.05, 4.69) is 28.7 Å². The first-order valence-electron chi connectivity index (χ1n) is 7.75. The number of ketones is 1. The van der Waals surface area contributed by atoms with Gasteiger partial charge in [-0.25, -0.2) is 9.97 Å². The van der Waals surface area contributed by atoms with Crippen LogP contribution in [0.1, 0.15) is 42.0 Å². The van der Waals surface area contributed by atoms with E-state index in [1.165, 1.54) is 0 Å². The van der Waals surface area contributed by atoms with Crippen molar-refractivity contribution in [1.82, 2.24) is 14.9 Å². The molecule has 0 aromatic carbocycles. The molecule has 0 atom stereocenters. The van der Waals surface area contributed by atoms with E-state index in [1.807, 2.05) is 6.92 Å². The minimum atomic E-state index is -0.0433. The first-order chi connectivity index (χ1) is 10.4. The van der Waals surface area contributed by atoms with E-state index in [-0.39, 0.29) is 11.2 Å². The van der Waals surface area contributed by atoms with Gasteiger partial charge in [-0.15, -0.1) is 0 Å². The molecule has 1 aromatic heterocycles. The Morgan fingerprint density at radius 3 is 2.41 bits per heavy atom. The van der Waals surface area contributed by atoms with Crippen molar-refractivity contribution in [2.75, 3.05) is 31.1 Å². The molecule has 1 amide bonds. The van der Waals surface area contributed by atoms with Gasteiger partial charge in [0.25, 0.3) is 0 Å². The normalized spacial score (nSPS) is 20.8. The van der Waals surface area contributed by atoms with Gasteiger partial charge in [-0.3, -0.25) is 9.59 Å². The molecule has 0 radical (unpaired) electrons. The average Bonchev–Trinajstić information content (AvgIpc) is 2.45. The number of piperazine rings is 1. The van der Waals surface area contributed by atoms with Crippen molar-refractivity contribution in [3.8, 4) is 0 Å². The van der Waals surface area contributed by atoms with Crippen LogP contribution in [-0.4, -0.2) is 53.2 Å². The summed E-state index contributed by atoms with van der Waals surface area (Å²) in [7, 11) is 0. The molecule has 0 saturated carbocycles. The third-order valence-corrected chi connectivity index (χ3v) is 4.46. The van der Waals surface area contributed by atoms with Crippen LogP contribution in [0.3, 0.4) is 0 Å². The molecule has 1 saturated heterocycles. The molecule has 0 N–H and O–H groups in total. The molecule has 118 valence electrons. The summed E-state index contributed by atoms with van der Waals surface area (Å²) in [5.41, 5.74) is 2.33. The lowest BCUT2D eigenvalue weighted by molar-refractivity contribution is -0.118. The zero-order chi connectivity index (χ0) is 15.9. The van der Waals surface area contributed by atoms with Gasteiger partial charge in [-0.05, 0) is 18.8 Å². The number of carbonyl (C=O) groups is 2. The SMILES string of the molecule is Cc1nc(N2CCN(C=O)CC2)nc2c1C(=O)CC(C)(C)C2. The molecular weight excluding hydrogens is 280 g/mol. The van der Waals surface area contributed by atoms with Gasteiger partial charge in [-0.2, -0.15) is 0 Å². The van der Waals surface area contributed by atoms with E-state index >= 15 is 0 Å². The molecule has 1 aromatic rings. The molecule has 1 fully saturated rings. The van der Waals surface area contributed by atoms with Crippen molar-refractivity contribution >= 4 is 18.1 Å². The van der Waals surface area contributed by atoms with E-state index in [0.29, 0.717) is 25.5 Å². The van der Waals surface area contributed by atoms with Gasteiger partial charge in [0.15, 0.2) is 5.78 Å². The molecule has 1 aliphatic carbocycles. The van der Waals surface area contributed by atoms with Gasteiger partial charge in [0.2, 0.25) is 12.4 Å². The smallest absolute Gasteiger partial charge is 0.225 e. The predicted molar refractivity (Wildman–Crippen MR) is 83.1 cm³/mol. The topological polar surface area (TPSA) is 66.4 Å². The van der Waals surface area contributed by atoms with Gasteiger partial charge < -0.3 is 9.80 Å². The summed E-state index contributed by atoms with van der Waals surface area (Å²) in [6.45, 7) is 8.94. The van der Waals surface area contributed by atoms with Gasteiger partial charge in [0.05, 0.1) is 17.0 Å². The van der Waals surface area contributed by atoms with Crippen LogP contribution in [0.25, 0.3) is 0 Å². The van der Waals surface area contributed by atoms with Crippen molar-refractivity contribution < 1.29 is 9.59 Å². The minimum Gasteiger partial charge on any atom is -0.342 e. The van der Waals surface area contributed by atoms with E-state index < -0.39 is 0 Å². The fourth-order valence-corrected chi connectivity index (χ4v) is 3.31. The van der Waals surface area contributed by atoms with Crippen molar-refractivity contribution in [3.63, 3.8) is 0 Å². The van der Waals surface area contributed by atoms with Gasteiger partial charge >= 0.3 is 0 Å². The lowest BCUT2D eigenvalue weighted by Gasteiger charge is -2.34. The fourth-order valence-electron chi connectivity index (χ4n) is 3.31. The van der Waals surface area contributed by atoms with Gasteiger partial charge in [-0.1, -0.05) is 13.8 Å². The number of hydrogen-bond acceptors (Lipinski definition) is 5. The summed E-state index contributed by atoms with van der Waals surface area (Å²) in [5, 5.41) is 0. The van der Waals surface area contributed by atoms with Crippen LogP contribution < -0.4 is 4.90 Å². The number of aromatic nitrogens is 2. The standard InChI is InChI=1S/C16H22N4O2/c1-11-14-12(8-16(2,3)9-13(14)22)18-15(17-11)20-6-4-19(10-21)5-7-20/h10H,4-9H2,1-3H3. The van der Waals surface area contributed by atoms with Crippen LogP contribution >= 0.6 is 0 Å². The average molecular weight is 302 g/mol. The monoisotopic (exact) mass is 302 g/mol. The van der Waals surface area contributed by atoms with Crippen LogP contribution in [0.2, 0.25) is 0 Å². The molecule has 22 heavy (non-hydrogen) atoms. The maximum absolute atomic E-state index is 12.4. The Hall–Kier alpha value is -1.98. The molecule has 2 heterocycles. The van der Waals surface area contributed by atoms with Crippen LogP contribution in [0.15, 0.2) is 0 Å². The second kappa shape index (κ2) is 5.34. The Morgan fingerprint density at radius 1 is 1.09 bits per heavy atom. The second-order valence-corrected chi connectivity index (χ2v) is 7.00. The number of carbonyl (C=O) groups excluding carboxylic acids is 2. The molecule has 6 nitrogen and oxygen atoms in total. The van der Waals surface area contributed by atoms with Crippen LogP contribution in [0.4, 0.5) is 5.95 Å². The van der Waals surface area contributed by atoms with Crippen LogP contribution in [-0.2, 0) is 11.2 Å². The molecular formula is C16H22N4O2. The number of nitrogens with zero attached hydrogens (tertiary/aromatic N) is 4. The largest absolute Gasteiger partial charge is 0.342 e. The highest BCUT2D eigenvalue weighted by molar-refractivity contribution is 5.99. The fraction of sp³-hybridized carbons (Fsp3) is 0.625. The van der Waals surface area contributed by atoms with Gasteiger partial charge in [0.1, 0.15) is 0 Å². The molecule has 1 aliphatic heterocycles. The number of fused-ring (bicyclic) bond motifs is 1. The molecule has 0 bridgehead atoms. The summed E-state index contributed by atoms with van der Waals surface area (Å²) < 4.78 is 0. The number of anilines is 1. The molecule has 0 spiro atoms. The number of rotatable bonds is 2. The summed E-state index contributed by atoms with van der Waals surface area (Å²) in [5.74, 6) is 0.841. The highest BCUT2D eigenvalue weighted by atomic mass is 16.1. The van der Waals surface area contributed by atoms with E-state index in [4.69, 9.17) is 0 Å². The lowest BCUT2D eigenvalue weighted by atomic mass is 9.75. The molecule has 0 unspecified atom stereocenters. The van der Waals surface area contributed by atoms with Gasteiger partial charge in [0, 0.05) is 32.6 Å². The van der Waals surface area contributed by atoms with Crippen LogP contribution in [0.5, 0.6) is 0 Å². The maximum Gasteiger partial charge on any atom is 0.225 e. The third-order valence-electron chi connectivity index (χ3n) is 4.46. The third kappa shape index (κ3) is 2.69. The first-order valence-corrected chi connectivity index (χ1v) is 7.75. The quantitative estimate of drug-likeness (QED) is 0.769. The second-order valence-electron chi connectivity index (χ2n) is 7.00. The Kier molecular flexibility index (Phi) is 3.62. The Balaban J connectivity index is 1.91. The van der Waals surface area contributed by atoms with E-state index in [9.17, 15) is 9.59 Å². The first kappa shape index (κ1) is 14.9. The summed E-state index contributed by atoms with van der Waals surface area (Å²) in [4.78, 5) is 36.2. The predicted octanol–water partition coefficient (Wildman–Crippen LogP) is 1.22. The van der Waals surface area contributed by atoms with Crippen LogP contribution in [0, 0.1) is 12.3 Å². The molecule has 3 rings (SSSR count). The number of hydrogen-bond donors (Lipinski definition) is 0. The molecule has 2 aliphatic rings. The van der Waals surface area contributed by atoms with Crippen molar-refractivity contribution in [2.45, 2.75) is 33.6 Å². The van der Waals surface area contributed by atoms with E-state index in [1.54, 1.807) is 4.90 Å². The number of Topliss-reactive ketones (excluding diaryl/α,β-unsaturated/α-hetero) is 1. The lowest BCUT2D eigenvalue weighted by Crippen LogP contribution is -2.46. The Bertz CT molecular complexity index is 619. The van der Waals surface area contributed by atoms with E-state index in [0.717, 1.165) is 42.9 Å². The number of amides is 1. The maximum atomic E-state index is 12.4. The highest BCUT2D eigenvalue weighted by Gasteiger charge is 2.34. The van der Waals surface area contributed by atoms with Crippen molar-refractivity contribution in [3.05, 3.63) is 17.0 Å². The highest BCUT2D eigenvalue weighted by Crippen LogP contribution is 2.35. The number of aryl methyl sites for hydroxylation is 1. The Morgan fingerprint density at radius 2 is 1.77 bits per heavy atom. The zero-order valence-corrected chi connectivity index (χ0v) is 13.4. The molecule has 6 heteroatoms. The summed E-state index contributed by atoms with van der Waals surface area (Å²) in [6.07, 6.45) is 2.25. The summed E-state index contributed by atoms with van der Waals surface area (Å²) >= 11 is 0. The minimum absolute atomic E-state index is 0.0433.